The Morgan fingerprint density at radius 3 is 2.53 bits per heavy atom. The Bertz CT molecular complexity index is 390. The number of aryl methyl sites for hydroxylation is 1. The van der Waals surface area contributed by atoms with E-state index in [-0.39, 0.29) is 11.3 Å². The van der Waals surface area contributed by atoms with Crippen LogP contribution in [0.3, 0.4) is 0 Å². The molecule has 0 aliphatic heterocycles. The smallest absolute Gasteiger partial charge is 0.269 e. The van der Waals surface area contributed by atoms with E-state index in [1.54, 1.807) is 11.7 Å². The highest BCUT2D eigenvalue weighted by Crippen LogP contribution is 2.21. The highest BCUT2D eigenvalue weighted by Gasteiger charge is 2.21. The van der Waals surface area contributed by atoms with Gasteiger partial charge in [0, 0.05) is 25.6 Å². The third-order valence-corrected chi connectivity index (χ3v) is 2.54. The first-order chi connectivity index (χ1) is 7.86. The number of rotatable bonds is 4. The molecule has 0 radical (unpaired) electrons. The van der Waals surface area contributed by atoms with Gasteiger partial charge in [-0.25, -0.2) is 0 Å². The topological polar surface area (TPSA) is 58.9 Å². The van der Waals surface area contributed by atoms with Gasteiger partial charge in [-0.05, 0) is 13.1 Å². The van der Waals surface area contributed by atoms with Crippen molar-refractivity contribution in [1.82, 2.24) is 20.4 Å². The number of nitrogens with one attached hydrogen (secondary N) is 2. The number of carbonyl (C=O) groups is 1. The summed E-state index contributed by atoms with van der Waals surface area (Å²) in [5.74, 6) is -0.0780. The number of hydrogen-bond acceptors (Lipinski definition) is 3. The summed E-state index contributed by atoms with van der Waals surface area (Å²) >= 11 is 0. The van der Waals surface area contributed by atoms with E-state index in [0.717, 1.165) is 12.2 Å². The zero-order valence-electron chi connectivity index (χ0n) is 11.3. The third kappa shape index (κ3) is 3.56. The minimum atomic E-state index is -0.0780. The van der Waals surface area contributed by atoms with Crippen LogP contribution in [0.25, 0.3) is 0 Å². The maximum atomic E-state index is 11.9. The molecule has 0 aromatic carbocycles. The van der Waals surface area contributed by atoms with Gasteiger partial charge in [-0.2, -0.15) is 5.10 Å². The second-order valence-electron chi connectivity index (χ2n) is 5.15. The van der Waals surface area contributed by atoms with E-state index >= 15 is 0 Å². The molecule has 0 bridgehead atoms. The Hall–Kier alpha value is -1.36. The number of hydrogen-bond donors (Lipinski definition) is 2. The Balaban J connectivity index is 2.77. The van der Waals surface area contributed by atoms with E-state index in [1.165, 1.54) is 0 Å². The number of carbonyl (C=O) groups excluding carboxylic acids is 1. The lowest BCUT2D eigenvalue weighted by Gasteiger charge is -2.13. The van der Waals surface area contributed by atoms with E-state index in [0.29, 0.717) is 12.2 Å². The average molecular weight is 238 g/mol. The molecular formula is C12H22N4O. The zero-order valence-corrected chi connectivity index (χ0v) is 11.3. The molecule has 2 N–H and O–H groups in total. The van der Waals surface area contributed by atoms with Gasteiger partial charge in [-0.1, -0.05) is 20.8 Å². The molecule has 1 amide bonds. The van der Waals surface area contributed by atoms with Crippen LogP contribution in [0.4, 0.5) is 0 Å². The lowest BCUT2D eigenvalue weighted by atomic mass is 9.92. The first-order valence-corrected chi connectivity index (χ1v) is 5.83. The lowest BCUT2D eigenvalue weighted by Crippen LogP contribution is -2.31. The van der Waals surface area contributed by atoms with Crippen LogP contribution in [-0.2, 0) is 12.5 Å². The van der Waals surface area contributed by atoms with Crippen molar-refractivity contribution in [2.45, 2.75) is 26.2 Å². The highest BCUT2D eigenvalue weighted by molar-refractivity contribution is 5.92. The minimum Gasteiger partial charge on any atom is -0.349 e. The molecule has 0 fully saturated rings. The average Bonchev–Trinajstić information content (AvgIpc) is 2.60. The van der Waals surface area contributed by atoms with Crippen molar-refractivity contribution in [3.05, 3.63) is 17.5 Å². The van der Waals surface area contributed by atoms with Gasteiger partial charge in [0.1, 0.15) is 5.69 Å². The summed E-state index contributed by atoms with van der Waals surface area (Å²) in [5, 5.41) is 10.2. The molecule has 5 heteroatoms. The van der Waals surface area contributed by atoms with Crippen molar-refractivity contribution in [2.24, 2.45) is 7.05 Å². The maximum absolute atomic E-state index is 11.9. The molecule has 1 aromatic heterocycles. The summed E-state index contributed by atoms with van der Waals surface area (Å²) in [6, 6.07) is 1.86. The second kappa shape index (κ2) is 5.31. The summed E-state index contributed by atoms with van der Waals surface area (Å²) in [7, 11) is 3.65. The molecule has 0 aliphatic rings. The van der Waals surface area contributed by atoms with Crippen LogP contribution in [0.15, 0.2) is 6.07 Å². The van der Waals surface area contributed by atoms with Crippen LogP contribution in [0.1, 0.15) is 37.0 Å². The van der Waals surface area contributed by atoms with Crippen molar-refractivity contribution >= 4 is 5.91 Å². The van der Waals surface area contributed by atoms with Crippen molar-refractivity contribution in [3.8, 4) is 0 Å². The van der Waals surface area contributed by atoms with Gasteiger partial charge in [0.25, 0.3) is 5.91 Å². The number of likely N-dealkylation sites (N-methyl/N-ethyl adjacent to an activating group) is 1. The first kappa shape index (κ1) is 13.7. The Morgan fingerprint density at radius 2 is 2.06 bits per heavy atom. The summed E-state index contributed by atoms with van der Waals surface area (Å²) in [5.41, 5.74) is 1.49. The van der Waals surface area contributed by atoms with Gasteiger partial charge in [0.2, 0.25) is 0 Å². The molecule has 5 nitrogen and oxygen atoms in total. The Labute approximate surface area is 103 Å². The molecule has 1 heterocycles. The van der Waals surface area contributed by atoms with E-state index in [9.17, 15) is 4.79 Å². The Morgan fingerprint density at radius 1 is 1.41 bits per heavy atom. The quantitative estimate of drug-likeness (QED) is 0.758. The predicted octanol–water partition coefficient (Wildman–Crippen LogP) is 0.667. The van der Waals surface area contributed by atoms with Gasteiger partial charge in [0.05, 0.1) is 5.69 Å². The van der Waals surface area contributed by atoms with Crippen molar-refractivity contribution in [1.29, 1.82) is 0 Å². The molecule has 0 saturated carbocycles. The van der Waals surface area contributed by atoms with E-state index < -0.39 is 0 Å². The molecule has 0 aliphatic carbocycles. The molecule has 0 spiro atoms. The van der Waals surface area contributed by atoms with E-state index in [1.807, 2.05) is 13.1 Å². The van der Waals surface area contributed by atoms with Crippen LogP contribution < -0.4 is 10.6 Å². The predicted molar refractivity (Wildman–Crippen MR) is 68.2 cm³/mol. The van der Waals surface area contributed by atoms with Crippen molar-refractivity contribution in [2.75, 3.05) is 20.1 Å². The molecule has 0 saturated heterocycles. The second-order valence-corrected chi connectivity index (χ2v) is 5.15. The monoisotopic (exact) mass is 238 g/mol. The van der Waals surface area contributed by atoms with Crippen LogP contribution in [-0.4, -0.2) is 35.8 Å². The molecule has 96 valence electrons. The van der Waals surface area contributed by atoms with Crippen LogP contribution in [0, 0.1) is 0 Å². The molecular weight excluding hydrogens is 216 g/mol. The van der Waals surface area contributed by atoms with Gasteiger partial charge in [-0.15, -0.1) is 0 Å². The zero-order chi connectivity index (χ0) is 13.1. The third-order valence-electron chi connectivity index (χ3n) is 2.54. The molecule has 0 atom stereocenters. The summed E-state index contributed by atoms with van der Waals surface area (Å²) in [4.78, 5) is 11.9. The van der Waals surface area contributed by atoms with Gasteiger partial charge in [0.15, 0.2) is 0 Å². The van der Waals surface area contributed by atoms with Crippen molar-refractivity contribution in [3.63, 3.8) is 0 Å². The first-order valence-electron chi connectivity index (χ1n) is 5.83. The van der Waals surface area contributed by atoms with Crippen LogP contribution in [0.2, 0.25) is 0 Å². The van der Waals surface area contributed by atoms with E-state index in [2.05, 4.69) is 36.5 Å². The summed E-state index contributed by atoms with van der Waals surface area (Å²) < 4.78 is 1.63. The van der Waals surface area contributed by atoms with E-state index in [4.69, 9.17) is 0 Å². The molecule has 0 unspecified atom stereocenters. The summed E-state index contributed by atoms with van der Waals surface area (Å²) in [6.07, 6.45) is 0. The maximum Gasteiger partial charge on any atom is 0.269 e. The Kier molecular flexibility index (Phi) is 4.28. The largest absolute Gasteiger partial charge is 0.349 e. The standard InChI is InChI=1S/C12H22N4O/c1-12(2,3)10-8-9(16(5)15-10)11(17)14-7-6-13-4/h8,13H,6-7H2,1-5H3,(H,14,17). The number of nitrogens with zero attached hydrogens (tertiary/aromatic N) is 2. The fourth-order valence-corrected chi connectivity index (χ4v) is 1.44. The molecule has 17 heavy (non-hydrogen) atoms. The van der Waals surface area contributed by atoms with Crippen LogP contribution in [0.5, 0.6) is 0 Å². The van der Waals surface area contributed by atoms with Gasteiger partial charge in [-0.3, -0.25) is 9.48 Å². The number of amides is 1. The fourth-order valence-electron chi connectivity index (χ4n) is 1.44. The van der Waals surface area contributed by atoms with Crippen molar-refractivity contribution < 1.29 is 4.79 Å². The SMILES string of the molecule is CNCCNC(=O)c1cc(C(C)(C)C)nn1C. The highest BCUT2D eigenvalue weighted by atomic mass is 16.2. The molecule has 1 aromatic rings. The number of aromatic nitrogens is 2. The lowest BCUT2D eigenvalue weighted by molar-refractivity contribution is 0.0945. The van der Waals surface area contributed by atoms with Gasteiger partial charge < -0.3 is 10.6 Å². The fraction of sp³-hybridized carbons (Fsp3) is 0.667. The molecule has 1 rings (SSSR count). The normalized spacial score (nSPS) is 11.6. The minimum absolute atomic E-state index is 0.0404. The van der Waals surface area contributed by atoms with Crippen LogP contribution >= 0.6 is 0 Å². The summed E-state index contributed by atoms with van der Waals surface area (Å²) in [6.45, 7) is 7.62. The van der Waals surface area contributed by atoms with Gasteiger partial charge >= 0.3 is 0 Å².